The van der Waals surface area contributed by atoms with Crippen LogP contribution in [0.5, 0.6) is 0 Å². The van der Waals surface area contributed by atoms with E-state index in [1.807, 2.05) is 0 Å². The highest BCUT2D eigenvalue weighted by Crippen LogP contribution is 2.35. The fraction of sp³-hybridized carbons (Fsp3) is 0.0526. The normalized spacial score (nSPS) is 18.9. The van der Waals surface area contributed by atoms with E-state index in [2.05, 4.69) is 0 Å². The van der Waals surface area contributed by atoms with Crippen LogP contribution in [0.1, 0.15) is 20.6 Å². The van der Waals surface area contributed by atoms with Crippen LogP contribution in [0.2, 0.25) is 0 Å². The summed E-state index contributed by atoms with van der Waals surface area (Å²) in [6.07, 6.45) is 0. The molecule has 4 rings (SSSR count). The predicted molar refractivity (Wildman–Crippen MR) is 83.9 cm³/mol. The van der Waals surface area contributed by atoms with E-state index in [0.717, 1.165) is 0 Å². The van der Waals surface area contributed by atoms with Crippen LogP contribution in [0.15, 0.2) is 70.9 Å². The first-order chi connectivity index (χ1) is 14.4. The molecule has 96 valence electrons. The Kier molecular flexibility index (Phi) is 1.01. The van der Waals surface area contributed by atoms with Gasteiger partial charge < -0.3 is 4.42 Å². The first-order valence-electron chi connectivity index (χ1n) is 11.4. The summed E-state index contributed by atoms with van der Waals surface area (Å²) in [5, 5.41) is -0.160. The highest BCUT2D eigenvalue weighted by atomic mass is 16.3. The first kappa shape index (κ1) is 4.78. The lowest BCUT2D eigenvalue weighted by Crippen LogP contribution is -1.77. The molecular formula is C19H14O. The third-order valence-electron chi connectivity index (χ3n) is 2.94. The third-order valence-corrected chi connectivity index (χ3v) is 2.94. The Hall–Kier alpha value is -2.54. The van der Waals surface area contributed by atoms with E-state index in [1.165, 1.54) is 6.92 Å². The van der Waals surface area contributed by atoms with Crippen molar-refractivity contribution in [3.63, 3.8) is 0 Å². The van der Waals surface area contributed by atoms with Gasteiger partial charge in [-0.05, 0) is 24.1 Å². The summed E-state index contributed by atoms with van der Waals surface area (Å²) in [5.74, 6) is 0. The molecule has 0 saturated carbocycles. The minimum atomic E-state index is -0.632. The average molecular weight is 269 g/mol. The van der Waals surface area contributed by atoms with Crippen LogP contribution in [0.4, 0.5) is 0 Å². The molecule has 1 heteroatoms. The highest BCUT2D eigenvalue weighted by Gasteiger charge is 2.11. The van der Waals surface area contributed by atoms with Crippen LogP contribution in [0.25, 0.3) is 33.1 Å². The van der Waals surface area contributed by atoms with Gasteiger partial charge in [-0.1, -0.05) is 60.4 Å². The first-order valence-corrected chi connectivity index (χ1v) is 5.91. The number of benzene rings is 3. The second-order valence-electron chi connectivity index (χ2n) is 4.26. The highest BCUT2D eigenvalue weighted by molar-refractivity contribution is 6.09. The van der Waals surface area contributed by atoms with Gasteiger partial charge in [-0.25, -0.2) is 0 Å². The van der Waals surface area contributed by atoms with E-state index in [4.69, 9.17) is 19.5 Å². The molecule has 1 aromatic heterocycles. The lowest BCUT2D eigenvalue weighted by molar-refractivity contribution is 0.669. The van der Waals surface area contributed by atoms with Crippen molar-refractivity contribution in [2.75, 3.05) is 0 Å². The Bertz CT molecular complexity index is 1420. The Labute approximate surface area is 132 Å². The van der Waals surface area contributed by atoms with Gasteiger partial charge in [0.05, 0.1) is 15.1 Å². The molecule has 0 aliphatic carbocycles. The molecule has 0 unspecified atom stereocenters. The van der Waals surface area contributed by atoms with Crippen LogP contribution in [-0.2, 0) is 0 Å². The summed E-state index contributed by atoms with van der Waals surface area (Å²) in [6.45, 7) is 1.47. The molecule has 3 aromatic carbocycles. The second-order valence-corrected chi connectivity index (χ2v) is 4.26. The van der Waals surface area contributed by atoms with E-state index >= 15 is 0 Å². The largest absolute Gasteiger partial charge is 0.455 e. The summed E-state index contributed by atoms with van der Waals surface area (Å²) in [4.78, 5) is 0. The SMILES string of the molecule is [2H]c1c([2H])c([2H])c(-c2c([2H])c([2H])c([2H])c3c2oc2c([2H])c(C)c([2H])c([2H])c23)c([2H])c1[2H]. The molecule has 20 heavy (non-hydrogen) atoms. The Morgan fingerprint density at radius 3 is 2.55 bits per heavy atom. The van der Waals surface area contributed by atoms with Gasteiger partial charge in [-0.15, -0.1) is 0 Å². The predicted octanol–water partition coefficient (Wildman–Crippen LogP) is 5.56. The molecule has 0 N–H and O–H groups in total. The van der Waals surface area contributed by atoms with Gasteiger partial charge in [0.2, 0.25) is 0 Å². The average Bonchev–Trinajstić information content (AvgIpc) is 3.14. The molecule has 0 fully saturated rings. The molecule has 4 aromatic rings. The summed E-state index contributed by atoms with van der Waals surface area (Å²) in [7, 11) is 0. The molecule has 0 saturated heterocycles. The van der Waals surface area contributed by atoms with Gasteiger partial charge in [0.15, 0.2) is 0 Å². The van der Waals surface area contributed by atoms with Crippen molar-refractivity contribution < 1.29 is 19.5 Å². The van der Waals surface area contributed by atoms with E-state index in [1.54, 1.807) is 0 Å². The zero-order valence-electron chi connectivity index (χ0n) is 21.4. The molecule has 0 radical (unpaired) electrons. The van der Waals surface area contributed by atoms with Gasteiger partial charge in [0, 0.05) is 16.3 Å². The maximum atomic E-state index is 8.37. The van der Waals surface area contributed by atoms with Crippen LogP contribution in [0, 0.1) is 6.92 Å². The number of hydrogen-bond acceptors (Lipinski definition) is 1. The molecule has 0 aliphatic heterocycles. The zero-order chi connectivity index (χ0) is 23.1. The Balaban J connectivity index is 2.36. The molecule has 1 nitrogen and oxygen atoms in total. The zero-order valence-corrected chi connectivity index (χ0v) is 10.4. The summed E-state index contributed by atoms with van der Waals surface area (Å²) >= 11 is 0. The maximum absolute atomic E-state index is 8.37. The maximum Gasteiger partial charge on any atom is 0.143 e. The van der Waals surface area contributed by atoms with Crippen LogP contribution in [0.3, 0.4) is 0 Å². The molecule has 0 atom stereocenters. The molecular weight excluding hydrogens is 244 g/mol. The van der Waals surface area contributed by atoms with Gasteiger partial charge >= 0.3 is 0 Å². The lowest BCUT2D eigenvalue weighted by atomic mass is 10.0. The van der Waals surface area contributed by atoms with Crippen molar-refractivity contribution in [1.29, 1.82) is 0 Å². The summed E-state index contributed by atoms with van der Waals surface area (Å²) < 4.78 is 95.5. The molecule has 0 bridgehead atoms. The van der Waals surface area contributed by atoms with E-state index in [9.17, 15) is 0 Å². The quantitative estimate of drug-likeness (QED) is 0.441. The van der Waals surface area contributed by atoms with E-state index in [0.29, 0.717) is 0 Å². The minimum absolute atomic E-state index is 0.0530. The number of para-hydroxylation sites is 1. The van der Waals surface area contributed by atoms with E-state index < -0.39 is 48.3 Å². The minimum Gasteiger partial charge on any atom is -0.455 e. The monoisotopic (exact) mass is 269 g/mol. The van der Waals surface area contributed by atoms with Crippen molar-refractivity contribution in [1.82, 2.24) is 0 Å². The van der Waals surface area contributed by atoms with Crippen molar-refractivity contribution >= 4 is 21.9 Å². The summed E-state index contributed by atoms with van der Waals surface area (Å²) in [6, 6.07) is -5.48. The lowest BCUT2D eigenvalue weighted by Gasteiger charge is -2.01. The molecule has 0 aliphatic rings. The molecule has 0 amide bonds. The Morgan fingerprint density at radius 1 is 0.850 bits per heavy atom. The Morgan fingerprint density at radius 2 is 1.70 bits per heavy atom. The van der Waals surface area contributed by atoms with Crippen molar-refractivity contribution in [3.8, 4) is 11.1 Å². The van der Waals surface area contributed by atoms with Crippen LogP contribution < -0.4 is 0 Å². The fourth-order valence-corrected chi connectivity index (χ4v) is 2.06. The molecule has 1 heterocycles. The number of fused-ring (bicyclic) bond motifs is 3. The standard InChI is InChI=1S/C19H14O/c1-13-10-11-16-17-9-5-8-15(14-6-3-2-4-7-14)19(17)20-18(16)12-13/h2-12H,1H3/i2D,3D,4D,5D,6D,7D,8D,9D,10D,11D,12D. The van der Waals surface area contributed by atoms with Crippen LogP contribution >= 0.6 is 0 Å². The van der Waals surface area contributed by atoms with Crippen LogP contribution in [-0.4, -0.2) is 0 Å². The van der Waals surface area contributed by atoms with Gasteiger partial charge in [-0.3, -0.25) is 0 Å². The van der Waals surface area contributed by atoms with Gasteiger partial charge in [0.25, 0.3) is 0 Å². The number of rotatable bonds is 1. The van der Waals surface area contributed by atoms with Crippen molar-refractivity contribution in [2.24, 2.45) is 0 Å². The topological polar surface area (TPSA) is 13.1 Å². The van der Waals surface area contributed by atoms with Gasteiger partial charge in [-0.2, -0.15) is 0 Å². The summed E-state index contributed by atoms with van der Waals surface area (Å²) in [5.41, 5.74) is -0.835. The van der Waals surface area contributed by atoms with Crippen molar-refractivity contribution in [3.05, 3.63) is 72.0 Å². The number of furan rings is 1. The fourth-order valence-electron chi connectivity index (χ4n) is 2.06. The van der Waals surface area contributed by atoms with E-state index in [-0.39, 0.29) is 56.8 Å². The second kappa shape index (κ2) is 4.24. The van der Waals surface area contributed by atoms with Crippen molar-refractivity contribution in [2.45, 2.75) is 6.92 Å². The smallest absolute Gasteiger partial charge is 0.143 e. The van der Waals surface area contributed by atoms with Gasteiger partial charge in [0.1, 0.15) is 11.2 Å². The molecule has 0 spiro atoms. The number of hydrogen-bond donors (Lipinski definition) is 0. The third kappa shape index (κ3) is 1.64.